The van der Waals surface area contributed by atoms with Crippen molar-refractivity contribution in [2.75, 3.05) is 31.6 Å². The molecule has 1 aliphatic carbocycles. The first-order valence-electron chi connectivity index (χ1n) is 9.68. The first-order chi connectivity index (χ1) is 12.6. The van der Waals surface area contributed by atoms with Gasteiger partial charge in [0, 0.05) is 32.8 Å². The van der Waals surface area contributed by atoms with E-state index in [9.17, 15) is 9.18 Å². The molecular weight excluding hydrogens is 335 g/mol. The molecule has 2 aliphatic heterocycles. The third kappa shape index (κ3) is 3.17. The molecule has 1 amide bonds. The topological polar surface area (TPSA) is 58.6 Å². The molecule has 0 aromatic carbocycles. The summed E-state index contributed by atoms with van der Waals surface area (Å²) in [7, 11) is 1.77. The van der Waals surface area contributed by atoms with Crippen molar-refractivity contribution in [2.24, 2.45) is 5.41 Å². The van der Waals surface area contributed by atoms with Gasteiger partial charge < -0.3 is 14.5 Å². The molecule has 1 aromatic heterocycles. The van der Waals surface area contributed by atoms with Gasteiger partial charge in [-0.3, -0.25) is 4.79 Å². The second-order valence-electron chi connectivity index (χ2n) is 7.92. The Kier molecular flexibility index (Phi) is 4.82. The molecule has 0 radical (unpaired) electrons. The number of likely N-dealkylation sites (tertiary alicyclic amines) is 1. The number of ether oxygens (including phenoxy) is 1. The van der Waals surface area contributed by atoms with Crippen LogP contribution in [-0.2, 0) is 9.53 Å². The number of carbonyl (C=O) groups excluding carboxylic acids is 1. The number of hydrogen-bond acceptors (Lipinski definition) is 5. The van der Waals surface area contributed by atoms with E-state index in [0.717, 1.165) is 58.0 Å². The fourth-order valence-electron chi connectivity index (χ4n) is 4.94. The quantitative estimate of drug-likeness (QED) is 0.826. The van der Waals surface area contributed by atoms with Gasteiger partial charge >= 0.3 is 0 Å². The lowest BCUT2D eigenvalue weighted by Gasteiger charge is -2.40. The summed E-state index contributed by atoms with van der Waals surface area (Å²) in [5.41, 5.74) is -0.325. The monoisotopic (exact) mass is 362 g/mol. The highest BCUT2D eigenvalue weighted by molar-refractivity contribution is 5.86. The number of rotatable bonds is 3. The number of hydrogen-bond donors (Lipinski definition) is 0. The van der Waals surface area contributed by atoms with Gasteiger partial charge in [-0.1, -0.05) is 0 Å². The summed E-state index contributed by atoms with van der Waals surface area (Å²) < 4.78 is 18.6. The molecular formula is C19H27FN4O2. The van der Waals surface area contributed by atoms with Crippen LogP contribution in [-0.4, -0.2) is 59.7 Å². The van der Waals surface area contributed by atoms with Gasteiger partial charge in [-0.15, -0.1) is 0 Å². The summed E-state index contributed by atoms with van der Waals surface area (Å²) in [5, 5.41) is 0. The van der Waals surface area contributed by atoms with Crippen LogP contribution in [0.1, 0.15) is 44.9 Å². The number of anilines is 1. The largest absolute Gasteiger partial charge is 0.381 e. The highest BCUT2D eigenvalue weighted by Crippen LogP contribution is 2.43. The molecule has 1 atom stereocenters. The normalized spacial score (nSPS) is 32.5. The molecule has 3 aliphatic rings. The van der Waals surface area contributed by atoms with Crippen LogP contribution in [0.15, 0.2) is 12.4 Å². The molecule has 0 N–H and O–H groups in total. The predicted molar refractivity (Wildman–Crippen MR) is 95.3 cm³/mol. The second kappa shape index (κ2) is 7.10. The Labute approximate surface area is 153 Å². The molecule has 1 aromatic rings. The van der Waals surface area contributed by atoms with E-state index in [-0.39, 0.29) is 5.41 Å². The smallest absolute Gasteiger partial charge is 0.230 e. The van der Waals surface area contributed by atoms with Crippen molar-refractivity contribution in [2.45, 2.75) is 57.1 Å². The Bertz CT molecular complexity index is 647. The number of aromatic nitrogens is 2. The highest BCUT2D eigenvalue weighted by Gasteiger charge is 2.51. The van der Waals surface area contributed by atoms with Gasteiger partial charge in [0.1, 0.15) is 0 Å². The average Bonchev–Trinajstić information content (AvgIpc) is 2.98. The summed E-state index contributed by atoms with van der Waals surface area (Å²) in [5.74, 6) is 0.387. The van der Waals surface area contributed by atoms with E-state index in [1.165, 1.54) is 12.4 Å². The molecule has 7 heteroatoms. The number of halogens is 1. The molecule has 0 unspecified atom stereocenters. The van der Waals surface area contributed by atoms with Crippen LogP contribution in [0.5, 0.6) is 0 Å². The molecule has 6 nitrogen and oxygen atoms in total. The minimum atomic E-state index is -0.435. The Morgan fingerprint density at radius 2 is 1.88 bits per heavy atom. The van der Waals surface area contributed by atoms with Crippen LogP contribution >= 0.6 is 0 Å². The van der Waals surface area contributed by atoms with E-state index < -0.39 is 5.82 Å². The fourth-order valence-corrected chi connectivity index (χ4v) is 4.94. The van der Waals surface area contributed by atoms with Crippen LogP contribution in [0.2, 0.25) is 0 Å². The third-order valence-electron chi connectivity index (χ3n) is 6.43. The summed E-state index contributed by atoms with van der Waals surface area (Å²) in [4.78, 5) is 25.7. The van der Waals surface area contributed by atoms with Gasteiger partial charge in [0.15, 0.2) is 5.82 Å². The number of piperidine rings is 1. The van der Waals surface area contributed by atoms with Crippen LogP contribution in [0.25, 0.3) is 0 Å². The molecule has 142 valence electrons. The van der Waals surface area contributed by atoms with E-state index in [2.05, 4.69) is 14.9 Å². The predicted octanol–water partition coefficient (Wildman–Crippen LogP) is 2.39. The van der Waals surface area contributed by atoms with E-state index in [1.807, 2.05) is 4.90 Å². The number of carbonyl (C=O) groups is 1. The Balaban J connectivity index is 1.45. The number of nitrogens with zero attached hydrogens (tertiary/aromatic N) is 4. The van der Waals surface area contributed by atoms with Gasteiger partial charge in [0.2, 0.25) is 11.9 Å². The number of amides is 1. The van der Waals surface area contributed by atoms with Crippen LogP contribution in [0.3, 0.4) is 0 Å². The van der Waals surface area contributed by atoms with E-state index in [1.54, 1.807) is 7.11 Å². The molecule has 3 fully saturated rings. The standard InChI is InChI=1S/C19H27FN4O2/c1-26-16-5-3-15(4-6-16)24-10-8-19(17(24)25)7-2-9-23(13-19)18-21-11-14(20)12-22-18/h11-12,15-16H,2-10,13H2,1H3/t15-,16-,19-/m0/s1. The lowest BCUT2D eigenvalue weighted by Crippen LogP contribution is -2.50. The maximum Gasteiger partial charge on any atom is 0.230 e. The van der Waals surface area contributed by atoms with E-state index in [4.69, 9.17) is 4.74 Å². The molecule has 3 heterocycles. The van der Waals surface area contributed by atoms with E-state index in [0.29, 0.717) is 30.5 Å². The summed E-state index contributed by atoms with van der Waals surface area (Å²) >= 11 is 0. The summed E-state index contributed by atoms with van der Waals surface area (Å²) in [6.45, 7) is 2.31. The summed E-state index contributed by atoms with van der Waals surface area (Å²) in [6, 6.07) is 0.353. The van der Waals surface area contributed by atoms with Gasteiger partial charge in [-0.05, 0) is 44.9 Å². The SMILES string of the molecule is CO[C@H]1CC[C@H](N2CC[C@]3(CCCN(c4ncc(F)cn4)C3)C2=O)CC1. The van der Waals surface area contributed by atoms with Crippen molar-refractivity contribution >= 4 is 11.9 Å². The van der Waals surface area contributed by atoms with Crippen molar-refractivity contribution in [3.63, 3.8) is 0 Å². The second-order valence-corrected chi connectivity index (χ2v) is 7.92. The fraction of sp³-hybridized carbons (Fsp3) is 0.737. The molecule has 2 saturated heterocycles. The van der Waals surface area contributed by atoms with Crippen molar-refractivity contribution in [3.05, 3.63) is 18.2 Å². The van der Waals surface area contributed by atoms with Gasteiger partial charge in [-0.2, -0.15) is 0 Å². The van der Waals surface area contributed by atoms with Crippen molar-refractivity contribution in [1.29, 1.82) is 0 Å². The van der Waals surface area contributed by atoms with Gasteiger partial charge in [0.25, 0.3) is 0 Å². The lowest BCUT2D eigenvalue weighted by molar-refractivity contribution is -0.139. The van der Waals surface area contributed by atoms with Crippen LogP contribution < -0.4 is 4.90 Å². The van der Waals surface area contributed by atoms with Crippen molar-refractivity contribution in [1.82, 2.24) is 14.9 Å². The average molecular weight is 362 g/mol. The van der Waals surface area contributed by atoms with Crippen LogP contribution in [0, 0.1) is 11.2 Å². The molecule has 4 rings (SSSR count). The first-order valence-corrected chi connectivity index (χ1v) is 9.68. The first kappa shape index (κ1) is 17.6. The zero-order valence-electron chi connectivity index (χ0n) is 15.4. The van der Waals surface area contributed by atoms with Crippen molar-refractivity contribution in [3.8, 4) is 0 Å². The molecule has 1 spiro atoms. The highest BCUT2D eigenvalue weighted by atomic mass is 19.1. The van der Waals surface area contributed by atoms with Crippen LogP contribution in [0.4, 0.5) is 10.3 Å². The molecule has 0 bridgehead atoms. The Hall–Kier alpha value is -1.76. The minimum Gasteiger partial charge on any atom is -0.381 e. The zero-order chi connectivity index (χ0) is 18.1. The van der Waals surface area contributed by atoms with E-state index >= 15 is 0 Å². The maximum atomic E-state index is 13.3. The summed E-state index contributed by atoms with van der Waals surface area (Å²) in [6.07, 6.45) is 9.63. The lowest BCUT2D eigenvalue weighted by atomic mass is 9.78. The third-order valence-corrected chi connectivity index (χ3v) is 6.43. The Morgan fingerprint density at radius 1 is 1.15 bits per heavy atom. The molecule has 26 heavy (non-hydrogen) atoms. The van der Waals surface area contributed by atoms with Crippen molar-refractivity contribution < 1.29 is 13.9 Å². The number of methoxy groups -OCH3 is 1. The minimum absolute atomic E-state index is 0.296. The molecule has 1 saturated carbocycles. The maximum absolute atomic E-state index is 13.3. The zero-order valence-corrected chi connectivity index (χ0v) is 15.4. The van der Waals surface area contributed by atoms with Gasteiger partial charge in [0.05, 0.1) is 23.9 Å². The van der Waals surface area contributed by atoms with Gasteiger partial charge in [-0.25, -0.2) is 14.4 Å². The Morgan fingerprint density at radius 3 is 2.58 bits per heavy atom.